The third-order valence-electron chi connectivity index (χ3n) is 3.38. The zero-order valence-electron chi connectivity index (χ0n) is 11.9. The summed E-state index contributed by atoms with van der Waals surface area (Å²) in [6, 6.07) is 2.23. The molecule has 22 heavy (non-hydrogen) atoms. The van der Waals surface area contributed by atoms with Crippen LogP contribution in [0.4, 0.5) is 10.1 Å². The van der Waals surface area contributed by atoms with Crippen LogP contribution in [0.1, 0.15) is 36.0 Å². The Kier molecular flexibility index (Phi) is 4.70. The van der Waals surface area contributed by atoms with Crippen LogP contribution in [-0.4, -0.2) is 26.6 Å². The molecule has 0 amide bonds. The number of hydrogen-bond acceptors (Lipinski definition) is 4. The second-order valence-corrected chi connectivity index (χ2v) is 6.57. The van der Waals surface area contributed by atoms with Crippen LogP contribution in [0.3, 0.4) is 0 Å². The van der Waals surface area contributed by atoms with E-state index >= 15 is 0 Å². The Bertz CT molecular complexity index is 727. The van der Waals surface area contributed by atoms with Gasteiger partial charge in [0.1, 0.15) is 11.4 Å². The molecule has 2 rings (SSSR count). The van der Waals surface area contributed by atoms with E-state index in [-0.39, 0.29) is 10.7 Å². The predicted molar refractivity (Wildman–Crippen MR) is 79.0 cm³/mol. The van der Waals surface area contributed by atoms with E-state index in [1.165, 1.54) is 13.2 Å². The van der Waals surface area contributed by atoms with E-state index < -0.39 is 33.1 Å². The number of rotatable bonds is 5. The number of allylic oxidation sites excluding steroid dienone is 2. The van der Waals surface area contributed by atoms with Gasteiger partial charge >= 0.3 is 5.97 Å². The van der Waals surface area contributed by atoms with Crippen molar-refractivity contribution in [1.82, 2.24) is 0 Å². The van der Waals surface area contributed by atoms with Crippen LogP contribution >= 0.6 is 0 Å². The summed E-state index contributed by atoms with van der Waals surface area (Å²) in [4.78, 5) is 11.2. The van der Waals surface area contributed by atoms with E-state index in [4.69, 9.17) is 9.84 Å². The summed E-state index contributed by atoms with van der Waals surface area (Å²) in [5.41, 5.74) is -1.12. The lowest BCUT2D eigenvalue weighted by atomic mass is 10.1. The minimum Gasteiger partial charge on any atom is -0.494 e. The number of anilines is 1. The molecule has 1 aromatic carbocycles. The van der Waals surface area contributed by atoms with E-state index in [0.717, 1.165) is 18.9 Å². The van der Waals surface area contributed by atoms with E-state index in [2.05, 4.69) is 4.72 Å². The van der Waals surface area contributed by atoms with Crippen molar-refractivity contribution >= 4 is 21.7 Å². The second-order valence-electron chi connectivity index (χ2n) is 4.83. The molecule has 0 aliphatic heterocycles. The van der Waals surface area contributed by atoms with Gasteiger partial charge in [-0.3, -0.25) is 4.72 Å². The molecular weight excluding hydrogens is 313 g/mol. The lowest BCUT2D eigenvalue weighted by Crippen LogP contribution is -2.19. The summed E-state index contributed by atoms with van der Waals surface area (Å²) < 4.78 is 45.9. The maximum Gasteiger partial charge on any atom is 0.338 e. The van der Waals surface area contributed by atoms with Crippen molar-refractivity contribution in [3.63, 3.8) is 0 Å². The number of aromatic carboxylic acids is 1. The van der Waals surface area contributed by atoms with Crippen LogP contribution in [0.5, 0.6) is 5.75 Å². The molecule has 0 atom stereocenters. The zero-order chi connectivity index (χ0) is 16.3. The number of carboxylic acid groups (broad SMARTS) is 1. The number of halogens is 1. The van der Waals surface area contributed by atoms with Gasteiger partial charge in [0.05, 0.1) is 17.6 Å². The highest BCUT2D eigenvalue weighted by Gasteiger charge is 2.25. The van der Waals surface area contributed by atoms with Gasteiger partial charge < -0.3 is 9.84 Å². The van der Waals surface area contributed by atoms with Gasteiger partial charge in [0.25, 0.3) is 10.0 Å². The van der Waals surface area contributed by atoms with Crippen molar-refractivity contribution in [1.29, 1.82) is 0 Å². The summed E-state index contributed by atoms with van der Waals surface area (Å²) in [6.07, 6.45) is 4.26. The molecular formula is C14H16FNO5S. The third kappa shape index (κ3) is 3.22. The quantitative estimate of drug-likeness (QED) is 0.866. The van der Waals surface area contributed by atoms with E-state index in [1.54, 1.807) is 6.08 Å². The molecule has 0 fully saturated rings. The molecule has 8 heteroatoms. The van der Waals surface area contributed by atoms with Crippen LogP contribution in [0.25, 0.3) is 0 Å². The molecule has 0 spiro atoms. The number of benzene rings is 1. The van der Waals surface area contributed by atoms with Gasteiger partial charge in [-0.15, -0.1) is 0 Å². The van der Waals surface area contributed by atoms with Crippen LogP contribution < -0.4 is 9.46 Å². The highest BCUT2D eigenvalue weighted by Crippen LogP contribution is 2.33. The Morgan fingerprint density at radius 1 is 1.36 bits per heavy atom. The Labute approximate surface area is 127 Å². The molecule has 6 nitrogen and oxygen atoms in total. The van der Waals surface area contributed by atoms with Gasteiger partial charge in [-0.1, -0.05) is 6.08 Å². The fourth-order valence-corrected chi connectivity index (χ4v) is 3.58. The molecule has 0 saturated heterocycles. The number of carbonyl (C=O) groups is 1. The zero-order valence-corrected chi connectivity index (χ0v) is 12.7. The van der Waals surface area contributed by atoms with Crippen LogP contribution in [0.2, 0.25) is 0 Å². The summed E-state index contributed by atoms with van der Waals surface area (Å²) >= 11 is 0. The Balaban J connectivity index is 2.45. The molecule has 1 aliphatic rings. The van der Waals surface area contributed by atoms with Crippen molar-refractivity contribution in [2.45, 2.75) is 25.7 Å². The Morgan fingerprint density at radius 2 is 2.09 bits per heavy atom. The molecule has 1 aliphatic carbocycles. The van der Waals surface area contributed by atoms with E-state index in [0.29, 0.717) is 12.8 Å². The van der Waals surface area contributed by atoms with Gasteiger partial charge in [-0.05, 0) is 37.8 Å². The summed E-state index contributed by atoms with van der Waals surface area (Å²) in [5.74, 6) is -2.74. The number of carboxylic acids is 1. The van der Waals surface area contributed by atoms with Gasteiger partial charge in [-0.25, -0.2) is 17.6 Å². The fourth-order valence-electron chi connectivity index (χ4n) is 2.24. The summed E-state index contributed by atoms with van der Waals surface area (Å²) in [7, 11) is -2.69. The molecule has 0 aromatic heterocycles. The predicted octanol–water partition coefficient (Wildman–Crippen LogP) is 2.73. The molecule has 0 radical (unpaired) electrons. The number of nitrogens with one attached hydrogen (secondary N) is 1. The highest BCUT2D eigenvalue weighted by atomic mass is 32.2. The normalized spacial score (nSPS) is 15.1. The lowest BCUT2D eigenvalue weighted by molar-refractivity contribution is 0.0692. The van der Waals surface area contributed by atoms with Crippen LogP contribution in [0.15, 0.2) is 23.1 Å². The van der Waals surface area contributed by atoms with Gasteiger partial charge in [0.15, 0.2) is 5.82 Å². The van der Waals surface area contributed by atoms with Crippen molar-refractivity contribution in [3.8, 4) is 5.75 Å². The molecule has 0 unspecified atom stereocenters. The molecule has 0 heterocycles. The average Bonchev–Trinajstić information content (AvgIpc) is 2.49. The van der Waals surface area contributed by atoms with E-state index in [1.807, 2.05) is 0 Å². The second kappa shape index (κ2) is 6.35. The topological polar surface area (TPSA) is 92.7 Å². The smallest absolute Gasteiger partial charge is 0.338 e. The van der Waals surface area contributed by atoms with Crippen LogP contribution in [-0.2, 0) is 10.0 Å². The number of sulfonamides is 1. The van der Waals surface area contributed by atoms with Gasteiger partial charge in [0.2, 0.25) is 0 Å². The Morgan fingerprint density at radius 3 is 2.64 bits per heavy atom. The third-order valence-corrected chi connectivity index (χ3v) is 4.92. The van der Waals surface area contributed by atoms with Crippen molar-refractivity contribution in [2.24, 2.45) is 0 Å². The molecule has 1 aromatic rings. The van der Waals surface area contributed by atoms with Gasteiger partial charge in [0, 0.05) is 0 Å². The maximum absolute atomic E-state index is 14.3. The summed E-state index contributed by atoms with van der Waals surface area (Å²) in [5, 5.41) is 8.93. The number of hydrogen-bond donors (Lipinski definition) is 2. The Hall–Kier alpha value is -2.09. The highest BCUT2D eigenvalue weighted by molar-refractivity contribution is 7.96. The largest absolute Gasteiger partial charge is 0.494 e. The molecule has 0 saturated carbocycles. The molecule has 2 N–H and O–H groups in total. The minimum absolute atomic E-state index is 0.0810. The first-order valence-corrected chi connectivity index (χ1v) is 8.16. The monoisotopic (exact) mass is 329 g/mol. The van der Waals surface area contributed by atoms with Crippen molar-refractivity contribution < 1.29 is 27.4 Å². The minimum atomic E-state index is -3.94. The van der Waals surface area contributed by atoms with Crippen molar-refractivity contribution in [2.75, 3.05) is 11.8 Å². The van der Waals surface area contributed by atoms with Crippen LogP contribution in [0, 0.1) is 5.82 Å². The number of methoxy groups -OCH3 is 1. The number of ether oxygens (including phenoxy) is 1. The van der Waals surface area contributed by atoms with Gasteiger partial charge in [-0.2, -0.15) is 0 Å². The molecule has 120 valence electrons. The average molecular weight is 329 g/mol. The summed E-state index contributed by atoms with van der Waals surface area (Å²) in [6.45, 7) is 0. The molecule has 0 bridgehead atoms. The fraction of sp³-hybridized carbons (Fsp3) is 0.357. The first-order chi connectivity index (χ1) is 10.4. The first kappa shape index (κ1) is 16.3. The van der Waals surface area contributed by atoms with Crippen molar-refractivity contribution in [3.05, 3.63) is 34.5 Å². The lowest BCUT2D eigenvalue weighted by Gasteiger charge is -2.17. The maximum atomic E-state index is 14.3. The first-order valence-electron chi connectivity index (χ1n) is 6.68. The standard InChI is InChI=1S/C14H16FNO5S/c1-21-11-8-7-10(14(17)18)12(15)13(11)16-22(19,20)9-5-3-2-4-6-9/h5,7-8,16H,2-4,6H2,1H3,(H,17,18). The van der Waals surface area contributed by atoms with E-state index in [9.17, 15) is 17.6 Å². The SMILES string of the molecule is COc1ccc(C(=O)O)c(F)c1NS(=O)(=O)C1=CCCCC1.